The molecule has 0 saturated heterocycles. The van der Waals surface area contributed by atoms with Crippen LogP contribution in [0.3, 0.4) is 0 Å². The van der Waals surface area contributed by atoms with Crippen molar-refractivity contribution >= 4 is 17.5 Å². The fourth-order valence-electron chi connectivity index (χ4n) is 1.62. The number of aliphatic hydroxyl groups excluding tert-OH is 1. The average molecular weight is 278 g/mol. The van der Waals surface area contributed by atoms with Crippen LogP contribution in [-0.4, -0.2) is 11.0 Å². The van der Waals surface area contributed by atoms with Crippen LogP contribution in [0.2, 0.25) is 5.02 Å². The van der Waals surface area contributed by atoms with Crippen LogP contribution in [0, 0.1) is 0 Å². The highest BCUT2D eigenvalue weighted by Gasteiger charge is 2.14. The number of primary amides is 1. The van der Waals surface area contributed by atoms with Crippen LogP contribution in [0.4, 0.5) is 0 Å². The van der Waals surface area contributed by atoms with Gasteiger partial charge in [-0.05, 0) is 29.8 Å². The van der Waals surface area contributed by atoms with Crippen molar-refractivity contribution in [3.63, 3.8) is 0 Å². The monoisotopic (exact) mass is 277 g/mol. The molecular formula is C14H12ClNO3. The van der Waals surface area contributed by atoms with Crippen molar-refractivity contribution < 1.29 is 14.6 Å². The van der Waals surface area contributed by atoms with Crippen molar-refractivity contribution in [3.8, 4) is 11.5 Å². The van der Waals surface area contributed by atoms with Crippen LogP contribution in [0.25, 0.3) is 0 Å². The predicted octanol–water partition coefficient (Wildman–Crippen LogP) is 2.72. The second kappa shape index (κ2) is 5.73. The molecular weight excluding hydrogens is 266 g/mol. The summed E-state index contributed by atoms with van der Waals surface area (Å²) in [6.45, 7) is -0.0377. The van der Waals surface area contributed by atoms with Gasteiger partial charge in [0.1, 0.15) is 17.1 Å². The third-order valence-corrected chi connectivity index (χ3v) is 2.87. The minimum absolute atomic E-state index is 0.0377. The molecule has 0 unspecified atom stereocenters. The number of benzene rings is 2. The molecule has 2 aromatic carbocycles. The second-order valence-electron chi connectivity index (χ2n) is 3.88. The van der Waals surface area contributed by atoms with E-state index in [-0.39, 0.29) is 17.2 Å². The van der Waals surface area contributed by atoms with E-state index in [1.54, 1.807) is 42.5 Å². The number of rotatable bonds is 4. The zero-order valence-electron chi connectivity index (χ0n) is 9.97. The van der Waals surface area contributed by atoms with E-state index in [1.165, 1.54) is 0 Å². The first-order chi connectivity index (χ1) is 9.11. The molecule has 2 aromatic rings. The van der Waals surface area contributed by atoms with Crippen molar-refractivity contribution in [2.24, 2.45) is 5.73 Å². The van der Waals surface area contributed by atoms with Crippen molar-refractivity contribution in [3.05, 3.63) is 58.6 Å². The van der Waals surface area contributed by atoms with Crippen LogP contribution >= 0.6 is 11.6 Å². The Balaban J connectivity index is 2.32. The fourth-order valence-corrected chi connectivity index (χ4v) is 1.88. The Kier molecular flexibility index (Phi) is 4.04. The molecule has 5 heteroatoms. The molecule has 0 aliphatic heterocycles. The first-order valence-electron chi connectivity index (χ1n) is 5.58. The number of halogens is 1. The third kappa shape index (κ3) is 3.05. The van der Waals surface area contributed by atoms with Crippen molar-refractivity contribution in [1.29, 1.82) is 0 Å². The van der Waals surface area contributed by atoms with Gasteiger partial charge in [0.25, 0.3) is 5.91 Å². The highest BCUT2D eigenvalue weighted by molar-refractivity contribution is 6.34. The Bertz CT molecular complexity index is 596. The number of ether oxygens (including phenoxy) is 1. The van der Waals surface area contributed by atoms with E-state index in [0.29, 0.717) is 11.5 Å². The minimum Gasteiger partial charge on any atom is -0.456 e. The summed E-state index contributed by atoms with van der Waals surface area (Å²) in [7, 11) is 0. The van der Waals surface area contributed by atoms with Crippen molar-refractivity contribution in [1.82, 2.24) is 0 Å². The first-order valence-corrected chi connectivity index (χ1v) is 5.95. The Hall–Kier alpha value is -2.04. The number of nitrogens with two attached hydrogens (primary N) is 1. The minimum atomic E-state index is -0.646. The third-order valence-electron chi connectivity index (χ3n) is 2.56. The summed E-state index contributed by atoms with van der Waals surface area (Å²) >= 11 is 5.92. The van der Waals surface area contributed by atoms with Gasteiger partial charge in [-0.25, -0.2) is 0 Å². The van der Waals surface area contributed by atoms with E-state index in [1.807, 2.05) is 0 Å². The molecule has 0 aromatic heterocycles. The van der Waals surface area contributed by atoms with E-state index < -0.39 is 5.91 Å². The maximum Gasteiger partial charge on any atom is 0.254 e. The number of hydrogen-bond donors (Lipinski definition) is 2. The molecule has 98 valence electrons. The number of carbonyl (C=O) groups is 1. The molecule has 0 heterocycles. The van der Waals surface area contributed by atoms with Gasteiger partial charge in [0, 0.05) is 0 Å². The van der Waals surface area contributed by atoms with E-state index >= 15 is 0 Å². The van der Waals surface area contributed by atoms with Crippen LogP contribution in [0.5, 0.6) is 11.5 Å². The smallest absolute Gasteiger partial charge is 0.254 e. The molecule has 0 bridgehead atoms. The van der Waals surface area contributed by atoms with Gasteiger partial charge < -0.3 is 15.6 Å². The lowest BCUT2D eigenvalue weighted by Crippen LogP contribution is -2.12. The summed E-state index contributed by atoms with van der Waals surface area (Å²) in [6, 6.07) is 11.7. The largest absolute Gasteiger partial charge is 0.456 e. The van der Waals surface area contributed by atoms with E-state index in [0.717, 1.165) is 5.56 Å². The normalized spacial score (nSPS) is 10.2. The summed E-state index contributed by atoms with van der Waals surface area (Å²) in [4.78, 5) is 11.4. The summed E-state index contributed by atoms with van der Waals surface area (Å²) in [5, 5.41) is 9.20. The van der Waals surface area contributed by atoms with Crippen molar-refractivity contribution in [2.45, 2.75) is 6.61 Å². The quantitative estimate of drug-likeness (QED) is 0.902. The topological polar surface area (TPSA) is 72.6 Å². The molecule has 1 amide bonds. The van der Waals surface area contributed by atoms with Gasteiger partial charge in [-0.2, -0.15) is 0 Å². The SMILES string of the molecule is NC(=O)c1c(Cl)cccc1Oc1ccc(CO)cc1. The van der Waals surface area contributed by atoms with Crippen LogP contribution in [0.1, 0.15) is 15.9 Å². The van der Waals surface area contributed by atoms with Crippen molar-refractivity contribution in [2.75, 3.05) is 0 Å². The Labute approximate surface area is 115 Å². The number of hydrogen-bond acceptors (Lipinski definition) is 3. The lowest BCUT2D eigenvalue weighted by atomic mass is 10.2. The number of carbonyl (C=O) groups excluding carboxylic acids is 1. The van der Waals surface area contributed by atoms with Crippen LogP contribution in [0.15, 0.2) is 42.5 Å². The fraction of sp³-hybridized carbons (Fsp3) is 0.0714. The Morgan fingerprint density at radius 3 is 2.47 bits per heavy atom. The molecule has 0 fully saturated rings. The average Bonchev–Trinajstić information content (AvgIpc) is 2.39. The molecule has 19 heavy (non-hydrogen) atoms. The summed E-state index contributed by atoms with van der Waals surface area (Å²) in [5.74, 6) is 0.186. The van der Waals surface area contributed by atoms with Crippen LogP contribution < -0.4 is 10.5 Å². The van der Waals surface area contributed by atoms with E-state index in [4.69, 9.17) is 27.2 Å². The molecule has 4 nitrogen and oxygen atoms in total. The van der Waals surface area contributed by atoms with Gasteiger partial charge in [-0.1, -0.05) is 29.8 Å². The zero-order valence-corrected chi connectivity index (χ0v) is 10.7. The van der Waals surface area contributed by atoms with Gasteiger partial charge in [0.2, 0.25) is 0 Å². The Morgan fingerprint density at radius 2 is 1.89 bits per heavy atom. The number of amides is 1. The molecule has 3 N–H and O–H groups in total. The first kappa shape index (κ1) is 13.4. The summed E-state index contributed by atoms with van der Waals surface area (Å²) in [6.07, 6.45) is 0. The van der Waals surface area contributed by atoms with Gasteiger partial charge in [-0.15, -0.1) is 0 Å². The van der Waals surface area contributed by atoms with Gasteiger partial charge in [-0.3, -0.25) is 4.79 Å². The molecule has 0 saturated carbocycles. The molecule has 0 atom stereocenters. The Morgan fingerprint density at radius 1 is 1.21 bits per heavy atom. The standard InChI is InChI=1S/C14H12ClNO3/c15-11-2-1-3-12(13(11)14(16)18)19-10-6-4-9(8-17)5-7-10/h1-7,17H,8H2,(H2,16,18). The highest BCUT2D eigenvalue weighted by atomic mass is 35.5. The zero-order chi connectivity index (χ0) is 13.8. The van der Waals surface area contributed by atoms with Gasteiger partial charge >= 0.3 is 0 Å². The predicted molar refractivity (Wildman–Crippen MR) is 72.4 cm³/mol. The highest BCUT2D eigenvalue weighted by Crippen LogP contribution is 2.30. The second-order valence-corrected chi connectivity index (χ2v) is 4.29. The molecule has 2 rings (SSSR count). The molecule has 0 spiro atoms. The van der Waals surface area contributed by atoms with Crippen LogP contribution in [-0.2, 0) is 6.61 Å². The number of aliphatic hydroxyl groups is 1. The molecule has 0 aliphatic carbocycles. The molecule has 0 aliphatic rings. The maximum atomic E-state index is 11.4. The maximum absolute atomic E-state index is 11.4. The van der Waals surface area contributed by atoms with Gasteiger partial charge in [0.05, 0.1) is 11.6 Å². The van der Waals surface area contributed by atoms with Gasteiger partial charge in [0.15, 0.2) is 0 Å². The molecule has 0 radical (unpaired) electrons. The van der Waals surface area contributed by atoms with E-state index in [9.17, 15) is 4.79 Å². The lowest BCUT2D eigenvalue weighted by Gasteiger charge is -2.10. The lowest BCUT2D eigenvalue weighted by molar-refractivity contribution is 0.0998. The summed E-state index contributed by atoms with van der Waals surface area (Å²) in [5.41, 5.74) is 6.20. The summed E-state index contributed by atoms with van der Waals surface area (Å²) < 4.78 is 5.58. The van der Waals surface area contributed by atoms with E-state index in [2.05, 4.69) is 0 Å².